The molecule has 0 fully saturated rings. The van der Waals surface area contributed by atoms with Crippen molar-refractivity contribution in [2.75, 3.05) is 12.4 Å². The Morgan fingerprint density at radius 1 is 1.18 bits per heavy atom. The third kappa shape index (κ3) is 4.82. The molecule has 92 valence electrons. The normalized spacial score (nSPS) is 9.76. The lowest BCUT2D eigenvalue weighted by Crippen LogP contribution is -2.37. The predicted molar refractivity (Wildman–Crippen MR) is 62.0 cm³/mol. The van der Waals surface area contributed by atoms with Crippen LogP contribution in [0.2, 0.25) is 0 Å². The molecule has 2 amide bonds. The summed E-state index contributed by atoms with van der Waals surface area (Å²) in [5.74, 6) is -1.39. The van der Waals surface area contributed by atoms with Crippen LogP contribution in [-0.4, -0.2) is 24.2 Å². The molecular formula is C11H12ClFN2O2. The van der Waals surface area contributed by atoms with Crippen LogP contribution in [0.3, 0.4) is 0 Å². The van der Waals surface area contributed by atoms with Crippen LogP contribution in [0.1, 0.15) is 5.56 Å². The van der Waals surface area contributed by atoms with Crippen LogP contribution >= 0.6 is 11.6 Å². The zero-order valence-corrected chi connectivity index (χ0v) is 9.76. The molecule has 0 aliphatic carbocycles. The summed E-state index contributed by atoms with van der Waals surface area (Å²) in [6.45, 7) is -0.0811. The lowest BCUT2D eigenvalue weighted by atomic mass is 10.2. The number of hydrogen-bond donors (Lipinski definition) is 2. The van der Waals surface area contributed by atoms with Crippen LogP contribution in [0.4, 0.5) is 4.39 Å². The van der Waals surface area contributed by atoms with Gasteiger partial charge in [0, 0.05) is 12.1 Å². The van der Waals surface area contributed by atoms with Gasteiger partial charge in [0.25, 0.3) is 0 Å². The second kappa shape index (κ2) is 6.85. The van der Waals surface area contributed by atoms with Gasteiger partial charge < -0.3 is 10.6 Å². The molecule has 1 rings (SSSR count). The molecule has 0 spiro atoms. The van der Waals surface area contributed by atoms with Crippen molar-refractivity contribution in [3.63, 3.8) is 0 Å². The molecule has 0 bridgehead atoms. The van der Waals surface area contributed by atoms with E-state index in [1.54, 1.807) is 18.2 Å². The van der Waals surface area contributed by atoms with Crippen molar-refractivity contribution in [1.29, 1.82) is 0 Å². The van der Waals surface area contributed by atoms with Gasteiger partial charge in [0.1, 0.15) is 11.7 Å². The van der Waals surface area contributed by atoms with Gasteiger partial charge in [-0.05, 0) is 6.07 Å². The highest BCUT2D eigenvalue weighted by Crippen LogP contribution is 2.04. The summed E-state index contributed by atoms with van der Waals surface area (Å²) in [7, 11) is 0. The molecule has 0 unspecified atom stereocenters. The Hall–Kier alpha value is -1.62. The predicted octanol–water partition coefficient (Wildman–Crippen LogP) is 0.797. The molecule has 0 saturated carbocycles. The van der Waals surface area contributed by atoms with Gasteiger partial charge in [-0.2, -0.15) is 0 Å². The van der Waals surface area contributed by atoms with E-state index in [0.717, 1.165) is 0 Å². The Morgan fingerprint density at radius 3 is 2.53 bits per heavy atom. The molecule has 0 heterocycles. The van der Waals surface area contributed by atoms with Crippen molar-refractivity contribution in [3.8, 4) is 0 Å². The molecule has 0 atom stereocenters. The highest BCUT2D eigenvalue weighted by Gasteiger charge is 2.05. The Balaban J connectivity index is 2.34. The zero-order valence-electron chi connectivity index (χ0n) is 9.00. The van der Waals surface area contributed by atoms with Gasteiger partial charge in [-0.15, -0.1) is 11.6 Å². The molecule has 17 heavy (non-hydrogen) atoms. The van der Waals surface area contributed by atoms with E-state index in [9.17, 15) is 14.0 Å². The SMILES string of the molecule is O=C(CCl)NCC(=O)NCc1ccccc1F. The summed E-state index contributed by atoms with van der Waals surface area (Å²) in [6, 6.07) is 6.14. The van der Waals surface area contributed by atoms with E-state index in [2.05, 4.69) is 10.6 Å². The average Bonchev–Trinajstić information content (AvgIpc) is 2.35. The second-order valence-electron chi connectivity index (χ2n) is 3.28. The molecule has 0 aliphatic heterocycles. The standard InChI is InChI=1S/C11H12ClFN2O2/c12-5-10(16)15-7-11(17)14-6-8-3-1-2-4-9(8)13/h1-4H,5-7H2,(H,14,17)(H,15,16). The first-order valence-electron chi connectivity index (χ1n) is 4.96. The Kier molecular flexibility index (Phi) is 5.42. The van der Waals surface area contributed by atoms with E-state index in [1.807, 2.05) is 0 Å². The summed E-state index contributed by atoms with van der Waals surface area (Å²) >= 11 is 5.24. The van der Waals surface area contributed by atoms with E-state index in [4.69, 9.17) is 11.6 Å². The Morgan fingerprint density at radius 2 is 1.88 bits per heavy atom. The van der Waals surface area contributed by atoms with E-state index in [1.165, 1.54) is 6.07 Å². The summed E-state index contributed by atoms with van der Waals surface area (Å²) in [4.78, 5) is 22.0. The number of carbonyl (C=O) groups excluding carboxylic acids is 2. The maximum Gasteiger partial charge on any atom is 0.239 e. The molecule has 1 aromatic carbocycles. The van der Waals surface area contributed by atoms with Crippen molar-refractivity contribution in [2.24, 2.45) is 0 Å². The molecule has 0 aliphatic rings. The van der Waals surface area contributed by atoms with Crippen LogP contribution in [0.15, 0.2) is 24.3 Å². The molecule has 0 saturated heterocycles. The second-order valence-corrected chi connectivity index (χ2v) is 3.55. The van der Waals surface area contributed by atoms with Crippen molar-refractivity contribution >= 4 is 23.4 Å². The lowest BCUT2D eigenvalue weighted by molar-refractivity contribution is -0.124. The van der Waals surface area contributed by atoms with Gasteiger partial charge >= 0.3 is 0 Å². The molecule has 0 aromatic heterocycles. The minimum Gasteiger partial charge on any atom is -0.350 e. The highest BCUT2D eigenvalue weighted by molar-refractivity contribution is 6.27. The third-order valence-corrected chi connectivity index (χ3v) is 2.24. The van der Waals surface area contributed by atoms with E-state index in [-0.39, 0.29) is 24.8 Å². The molecule has 4 nitrogen and oxygen atoms in total. The Bertz CT molecular complexity index is 412. The molecule has 1 aromatic rings. The first kappa shape index (κ1) is 13.4. The fraction of sp³-hybridized carbons (Fsp3) is 0.273. The smallest absolute Gasteiger partial charge is 0.239 e. The van der Waals surface area contributed by atoms with Crippen LogP contribution in [-0.2, 0) is 16.1 Å². The van der Waals surface area contributed by atoms with Gasteiger partial charge in [-0.25, -0.2) is 4.39 Å². The molecule has 0 radical (unpaired) electrons. The van der Waals surface area contributed by atoms with Gasteiger partial charge in [0.2, 0.25) is 11.8 Å². The van der Waals surface area contributed by atoms with Crippen LogP contribution in [0.25, 0.3) is 0 Å². The minimum absolute atomic E-state index is 0.0856. The largest absolute Gasteiger partial charge is 0.350 e. The van der Waals surface area contributed by atoms with Crippen molar-refractivity contribution < 1.29 is 14.0 Å². The number of alkyl halides is 1. The summed E-state index contributed by atoms with van der Waals surface area (Å²) in [6.07, 6.45) is 0. The van der Waals surface area contributed by atoms with Crippen molar-refractivity contribution in [3.05, 3.63) is 35.6 Å². The summed E-state index contributed by atoms with van der Waals surface area (Å²) in [5.41, 5.74) is 0.393. The average molecular weight is 259 g/mol. The number of nitrogens with one attached hydrogen (secondary N) is 2. The molecular weight excluding hydrogens is 247 g/mol. The number of carbonyl (C=O) groups is 2. The Labute approximate surface area is 103 Å². The van der Waals surface area contributed by atoms with E-state index >= 15 is 0 Å². The highest BCUT2D eigenvalue weighted by atomic mass is 35.5. The molecule has 2 N–H and O–H groups in total. The third-order valence-electron chi connectivity index (χ3n) is 2.00. The fourth-order valence-corrected chi connectivity index (χ4v) is 1.22. The minimum atomic E-state index is -0.423. The van der Waals surface area contributed by atoms with E-state index < -0.39 is 11.8 Å². The maximum absolute atomic E-state index is 13.2. The van der Waals surface area contributed by atoms with Gasteiger partial charge in [-0.3, -0.25) is 9.59 Å². The topological polar surface area (TPSA) is 58.2 Å². The fourth-order valence-electron chi connectivity index (χ4n) is 1.12. The van der Waals surface area contributed by atoms with Crippen LogP contribution in [0, 0.1) is 5.82 Å². The maximum atomic E-state index is 13.2. The number of hydrogen-bond acceptors (Lipinski definition) is 2. The molecule has 6 heteroatoms. The van der Waals surface area contributed by atoms with Gasteiger partial charge in [0.15, 0.2) is 0 Å². The monoisotopic (exact) mass is 258 g/mol. The van der Waals surface area contributed by atoms with E-state index in [0.29, 0.717) is 5.56 Å². The first-order valence-corrected chi connectivity index (χ1v) is 5.49. The van der Waals surface area contributed by atoms with Crippen molar-refractivity contribution in [1.82, 2.24) is 10.6 Å². The van der Waals surface area contributed by atoms with Crippen LogP contribution in [0.5, 0.6) is 0 Å². The van der Waals surface area contributed by atoms with Crippen LogP contribution < -0.4 is 10.6 Å². The van der Waals surface area contributed by atoms with Crippen molar-refractivity contribution in [2.45, 2.75) is 6.54 Å². The zero-order chi connectivity index (χ0) is 12.7. The quantitative estimate of drug-likeness (QED) is 0.768. The van der Waals surface area contributed by atoms with Gasteiger partial charge in [-0.1, -0.05) is 18.2 Å². The number of halogens is 2. The van der Waals surface area contributed by atoms with Gasteiger partial charge in [0.05, 0.1) is 6.54 Å². The first-order chi connectivity index (χ1) is 8.13. The number of benzene rings is 1. The number of rotatable bonds is 5. The lowest BCUT2D eigenvalue weighted by Gasteiger charge is -2.06. The summed E-state index contributed by atoms with van der Waals surface area (Å²) in [5, 5.41) is 4.79. The number of amides is 2. The summed E-state index contributed by atoms with van der Waals surface area (Å²) < 4.78 is 13.2.